The first-order valence-corrected chi connectivity index (χ1v) is 5.55. The van der Waals surface area contributed by atoms with Crippen LogP contribution in [0.4, 0.5) is 4.39 Å². The summed E-state index contributed by atoms with van der Waals surface area (Å²) in [5, 5.41) is 8.64. The molecule has 0 amide bonds. The van der Waals surface area contributed by atoms with E-state index in [1.54, 1.807) is 49.6 Å². The van der Waals surface area contributed by atoms with E-state index in [-0.39, 0.29) is 12.2 Å². The van der Waals surface area contributed by atoms with E-state index in [0.717, 1.165) is 11.3 Å². The first-order valence-electron chi connectivity index (χ1n) is 5.55. The summed E-state index contributed by atoms with van der Waals surface area (Å²) in [7, 11) is 1.59. The summed E-state index contributed by atoms with van der Waals surface area (Å²) < 4.78 is 19.2. The van der Waals surface area contributed by atoms with Gasteiger partial charge in [-0.1, -0.05) is 30.3 Å². The van der Waals surface area contributed by atoms with Crippen molar-refractivity contribution in [2.45, 2.75) is 6.42 Å². The number of rotatable bonds is 3. The maximum absolute atomic E-state index is 14.1. The Labute approximate surface area is 105 Å². The van der Waals surface area contributed by atoms with E-state index in [1.165, 1.54) is 0 Å². The molecule has 0 unspecified atom stereocenters. The van der Waals surface area contributed by atoms with Gasteiger partial charge in [0.05, 0.1) is 19.6 Å². The minimum absolute atomic E-state index is 0.0792. The number of nitriles is 1. The molecular weight excluding hydrogens is 229 g/mol. The van der Waals surface area contributed by atoms with Crippen molar-refractivity contribution in [1.82, 2.24) is 0 Å². The van der Waals surface area contributed by atoms with E-state index in [2.05, 4.69) is 0 Å². The van der Waals surface area contributed by atoms with E-state index < -0.39 is 0 Å². The quantitative estimate of drug-likeness (QED) is 0.823. The zero-order chi connectivity index (χ0) is 13.0. The monoisotopic (exact) mass is 241 g/mol. The first kappa shape index (κ1) is 12.1. The second-order valence-electron chi connectivity index (χ2n) is 3.84. The normalized spacial score (nSPS) is 9.83. The van der Waals surface area contributed by atoms with E-state index in [0.29, 0.717) is 11.1 Å². The average Bonchev–Trinajstić information content (AvgIpc) is 2.42. The lowest BCUT2D eigenvalue weighted by molar-refractivity contribution is 0.415. The Balaban J connectivity index is 2.44. The van der Waals surface area contributed by atoms with Crippen molar-refractivity contribution in [2.75, 3.05) is 7.11 Å². The maximum Gasteiger partial charge on any atom is 0.135 e. The van der Waals surface area contributed by atoms with Crippen LogP contribution in [-0.4, -0.2) is 7.11 Å². The van der Waals surface area contributed by atoms with Gasteiger partial charge in [0.1, 0.15) is 11.6 Å². The number of benzene rings is 2. The lowest BCUT2D eigenvalue weighted by atomic mass is 10.0. The molecule has 0 bridgehead atoms. The molecular formula is C15H12FNO. The standard InChI is InChI=1S/C15H12FNO/c1-18-13-7-5-11(6-8-13)14-4-2-3-12(9-10-17)15(14)16/h2-8H,9H2,1H3. The largest absolute Gasteiger partial charge is 0.497 e. The van der Waals surface area contributed by atoms with Crippen molar-refractivity contribution >= 4 is 0 Å². The minimum atomic E-state index is -0.329. The lowest BCUT2D eigenvalue weighted by Crippen LogP contribution is -1.92. The summed E-state index contributed by atoms with van der Waals surface area (Å²) in [6.07, 6.45) is 0.0792. The number of hydrogen-bond donors (Lipinski definition) is 0. The number of halogens is 1. The zero-order valence-corrected chi connectivity index (χ0v) is 9.98. The van der Waals surface area contributed by atoms with E-state index in [9.17, 15) is 4.39 Å². The van der Waals surface area contributed by atoms with Gasteiger partial charge in [-0.3, -0.25) is 0 Å². The number of methoxy groups -OCH3 is 1. The highest BCUT2D eigenvalue weighted by Gasteiger charge is 2.09. The molecule has 0 saturated carbocycles. The Bertz CT molecular complexity index is 584. The van der Waals surface area contributed by atoms with Crippen LogP contribution < -0.4 is 4.74 Å². The molecule has 0 fully saturated rings. The molecule has 0 atom stereocenters. The molecule has 3 heteroatoms. The van der Waals surface area contributed by atoms with Gasteiger partial charge in [0.15, 0.2) is 0 Å². The van der Waals surface area contributed by atoms with Crippen molar-refractivity contribution < 1.29 is 9.13 Å². The van der Waals surface area contributed by atoms with Crippen molar-refractivity contribution in [3.8, 4) is 22.9 Å². The Hall–Kier alpha value is -2.34. The van der Waals surface area contributed by atoms with E-state index in [1.807, 2.05) is 6.07 Å². The molecule has 0 aromatic heterocycles. The summed E-state index contributed by atoms with van der Waals surface area (Å²) in [4.78, 5) is 0. The summed E-state index contributed by atoms with van der Waals surface area (Å²) in [6.45, 7) is 0. The summed E-state index contributed by atoms with van der Waals surface area (Å²) in [5.41, 5.74) is 1.70. The number of hydrogen-bond acceptors (Lipinski definition) is 2. The third kappa shape index (κ3) is 2.33. The van der Waals surface area contributed by atoms with Crippen LogP contribution in [0.5, 0.6) is 5.75 Å². The number of ether oxygens (including phenoxy) is 1. The molecule has 0 radical (unpaired) electrons. The van der Waals surface area contributed by atoms with Gasteiger partial charge in [-0.15, -0.1) is 0 Å². The Morgan fingerprint density at radius 1 is 1.17 bits per heavy atom. The van der Waals surface area contributed by atoms with Gasteiger partial charge in [0.25, 0.3) is 0 Å². The molecule has 0 aliphatic carbocycles. The number of nitrogens with zero attached hydrogens (tertiary/aromatic N) is 1. The van der Waals surface area contributed by atoms with Crippen LogP contribution in [-0.2, 0) is 6.42 Å². The molecule has 18 heavy (non-hydrogen) atoms. The van der Waals surface area contributed by atoms with Gasteiger partial charge in [0.2, 0.25) is 0 Å². The maximum atomic E-state index is 14.1. The highest BCUT2D eigenvalue weighted by molar-refractivity contribution is 5.66. The average molecular weight is 241 g/mol. The van der Waals surface area contributed by atoms with Gasteiger partial charge in [-0.2, -0.15) is 5.26 Å². The van der Waals surface area contributed by atoms with Crippen molar-refractivity contribution in [1.29, 1.82) is 5.26 Å². The molecule has 2 aromatic carbocycles. The Morgan fingerprint density at radius 3 is 2.50 bits per heavy atom. The van der Waals surface area contributed by atoms with Gasteiger partial charge in [-0.25, -0.2) is 4.39 Å². The van der Waals surface area contributed by atoms with Gasteiger partial charge in [0, 0.05) is 11.1 Å². The van der Waals surface area contributed by atoms with Crippen LogP contribution in [0.3, 0.4) is 0 Å². The third-order valence-electron chi connectivity index (χ3n) is 2.75. The molecule has 2 rings (SSSR count). The molecule has 2 aromatic rings. The molecule has 0 aliphatic heterocycles. The predicted octanol–water partition coefficient (Wildman–Crippen LogP) is 3.57. The van der Waals surface area contributed by atoms with Crippen LogP contribution in [0.1, 0.15) is 5.56 Å². The fourth-order valence-electron chi connectivity index (χ4n) is 1.80. The Morgan fingerprint density at radius 2 is 1.89 bits per heavy atom. The van der Waals surface area contributed by atoms with Crippen LogP contribution in [0, 0.1) is 17.1 Å². The molecule has 0 spiro atoms. The first-order chi connectivity index (χ1) is 8.76. The van der Waals surface area contributed by atoms with E-state index >= 15 is 0 Å². The molecule has 0 saturated heterocycles. The van der Waals surface area contributed by atoms with Crippen molar-refractivity contribution in [2.24, 2.45) is 0 Å². The fourth-order valence-corrected chi connectivity index (χ4v) is 1.80. The van der Waals surface area contributed by atoms with Crippen molar-refractivity contribution in [3.63, 3.8) is 0 Å². The highest BCUT2D eigenvalue weighted by Crippen LogP contribution is 2.26. The molecule has 0 N–H and O–H groups in total. The Kier molecular flexibility index (Phi) is 3.59. The fraction of sp³-hybridized carbons (Fsp3) is 0.133. The van der Waals surface area contributed by atoms with Gasteiger partial charge in [-0.05, 0) is 17.7 Å². The molecule has 0 aliphatic rings. The minimum Gasteiger partial charge on any atom is -0.497 e. The van der Waals surface area contributed by atoms with Crippen LogP contribution in [0.15, 0.2) is 42.5 Å². The molecule has 0 heterocycles. The molecule has 90 valence electrons. The zero-order valence-electron chi connectivity index (χ0n) is 9.98. The smallest absolute Gasteiger partial charge is 0.135 e. The van der Waals surface area contributed by atoms with Crippen LogP contribution in [0.2, 0.25) is 0 Å². The van der Waals surface area contributed by atoms with Gasteiger partial charge >= 0.3 is 0 Å². The van der Waals surface area contributed by atoms with Crippen molar-refractivity contribution in [3.05, 3.63) is 53.8 Å². The molecule has 2 nitrogen and oxygen atoms in total. The summed E-state index contributed by atoms with van der Waals surface area (Å²) in [5.74, 6) is 0.400. The SMILES string of the molecule is COc1ccc(-c2cccc(CC#N)c2F)cc1. The van der Waals surface area contributed by atoms with Crippen LogP contribution >= 0.6 is 0 Å². The summed E-state index contributed by atoms with van der Waals surface area (Å²) in [6, 6.07) is 14.2. The predicted molar refractivity (Wildman–Crippen MR) is 67.7 cm³/mol. The van der Waals surface area contributed by atoms with Gasteiger partial charge < -0.3 is 4.74 Å². The third-order valence-corrected chi connectivity index (χ3v) is 2.75. The van der Waals surface area contributed by atoms with E-state index in [4.69, 9.17) is 10.00 Å². The second-order valence-corrected chi connectivity index (χ2v) is 3.84. The second kappa shape index (κ2) is 5.33. The summed E-state index contributed by atoms with van der Waals surface area (Å²) >= 11 is 0. The topological polar surface area (TPSA) is 33.0 Å². The highest BCUT2D eigenvalue weighted by atomic mass is 19.1. The lowest BCUT2D eigenvalue weighted by Gasteiger charge is -2.07. The van der Waals surface area contributed by atoms with Crippen LogP contribution in [0.25, 0.3) is 11.1 Å².